The fraction of sp³-hybridized carbons (Fsp3) is 0.259. The highest BCUT2D eigenvalue weighted by Gasteiger charge is 2.33. The van der Waals surface area contributed by atoms with Crippen molar-refractivity contribution in [2.45, 2.75) is 33.2 Å². The molecule has 8 nitrogen and oxygen atoms in total. The molecule has 4 rings (SSSR count). The number of allylic oxidation sites excluding steroid dienone is 1. The predicted octanol–water partition coefficient (Wildman–Crippen LogP) is 3.12. The lowest BCUT2D eigenvalue weighted by Crippen LogP contribution is -2.40. The van der Waals surface area contributed by atoms with Gasteiger partial charge >= 0.3 is 11.9 Å². The molecule has 1 atom stereocenters. The van der Waals surface area contributed by atoms with E-state index in [1.807, 2.05) is 44.2 Å². The van der Waals surface area contributed by atoms with Gasteiger partial charge < -0.3 is 14.2 Å². The lowest BCUT2D eigenvalue weighted by molar-refractivity contribution is -0.136. The summed E-state index contributed by atoms with van der Waals surface area (Å²) in [4.78, 5) is 43.1. The summed E-state index contributed by atoms with van der Waals surface area (Å²) < 4.78 is 17.9. The summed E-state index contributed by atoms with van der Waals surface area (Å²) in [5, 5.41) is 0. The first kappa shape index (κ1) is 25.1. The number of hydrogen-bond donors (Lipinski definition) is 0. The number of aromatic nitrogens is 1. The molecular formula is C27H26N2O6S. The normalized spacial score (nSPS) is 15.2. The number of esters is 2. The Morgan fingerprint density at radius 1 is 1.11 bits per heavy atom. The molecule has 0 N–H and O–H groups in total. The molecule has 3 aromatic rings. The highest BCUT2D eigenvalue weighted by Crippen LogP contribution is 2.32. The molecule has 0 radical (unpaired) electrons. The Kier molecular flexibility index (Phi) is 7.49. The Bertz CT molecular complexity index is 1520. The second-order valence-electron chi connectivity index (χ2n) is 7.93. The number of ether oxygens (including phenoxy) is 3. The number of nitrogens with zero attached hydrogens (tertiary/aromatic N) is 2. The van der Waals surface area contributed by atoms with Gasteiger partial charge in [0.05, 0.1) is 35.6 Å². The van der Waals surface area contributed by atoms with Crippen LogP contribution in [-0.4, -0.2) is 30.2 Å². The minimum atomic E-state index is -0.655. The first-order chi connectivity index (χ1) is 17.4. The average Bonchev–Trinajstić information content (AvgIpc) is 3.18. The standard InChI is InChI=1S/C27H26N2O6S/c1-5-19-23(26(32)33-4)24(18-10-8-7-9-11-18)29-25(31)22(36-27(29)28-19)15-17-12-13-20(35-16(3)30)21(14-17)34-6-2/h7-15,24H,5-6H2,1-4H3/b22-15+/t24-/m0/s1. The lowest BCUT2D eigenvalue weighted by atomic mass is 9.95. The molecule has 0 amide bonds. The molecule has 1 aromatic heterocycles. The van der Waals surface area contributed by atoms with E-state index in [0.29, 0.717) is 50.7 Å². The van der Waals surface area contributed by atoms with Gasteiger partial charge in [-0.3, -0.25) is 14.2 Å². The molecule has 2 aromatic carbocycles. The van der Waals surface area contributed by atoms with Gasteiger partial charge in [0.25, 0.3) is 5.56 Å². The zero-order chi connectivity index (χ0) is 25.8. The molecule has 1 aliphatic rings. The summed E-state index contributed by atoms with van der Waals surface area (Å²) in [6, 6.07) is 13.8. The van der Waals surface area contributed by atoms with Gasteiger partial charge in [0, 0.05) is 6.92 Å². The minimum absolute atomic E-state index is 0.272. The van der Waals surface area contributed by atoms with Crippen LogP contribution in [0.15, 0.2) is 69.6 Å². The molecule has 0 saturated carbocycles. The van der Waals surface area contributed by atoms with E-state index < -0.39 is 18.0 Å². The van der Waals surface area contributed by atoms with E-state index in [1.54, 1.807) is 28.8 Å². The Morgan fingerprint density at radius 3 is 2.50 bits per heavy atom. The van der Waals surface area contributed by atoms with Crippen molar-refractivity contribution in [3.05, 3.63) is 90.6 Å². The molecule has 2 heterocycles. The van der Waals surface area contributed by atoms with Crippen LogP contribution in [0, 0.1) is 0 Å². The minimum Gasteiger partial charge on any atom is -0.490 e. The highest BCUT2D eigenvalue weighted by atomic mass is 32.1. The monoisotopic (exact) mass is 506 g/mol. The van der Waals surface area contributed by atoms with Crippen molar-refractivity contribution in [3.8, 4) is 11.5 Å². The number of carbonyl (C=O) groups is 2. The summed E-state index contributed by atoms with van der Waals surface area (Å²) in [7, 11) is 1.32. The van der Waals surface area contributed by atoms with Gasteiger partial charge in [-0.15, -0.1) is 0 Å². The Morgan fingerprint density at radius 2 is 1.86 bits per heavy atom. The predicted molar refractivity (Wildman–Crippen MR) is 136 cm³/mol. The lowest BCUT2D eigenvalue weighted by Gasteiger charge is -2.25. The van der Waals surface area contributed by atoms with Crippen LogP contribution < -0.4 is 24.4 Å². The van der Waals surface area contributed by atoms with Gasteiger partial charge in [-0.1, -0.05) is 54.7 Å². The maximum atomic E-state index is 13.7. The zero-order valence-electron chi connectivity index (χ0n) is 20.4. The summed E-state index contributed by atoms with van der Waals surface area (Å²) in [6.45, 7) is 5.45. The maximum Gasteiger partial charge on any atom is 0.338 e. The quantitative estimate of drug-likeness (QED) is 0.361. The van der Waals surface area contributed by atoms with Gasteiger partial charge in [-0.05, 0) is 42.7 Å². The molecule has 1 aliphatic heterocycles. The summed E-state index contributed by atoms with van der Waals surface area (Å²) in [6.07, 6.45) is 2.24. The van der Waals surface area contributed by atoms with Gasteiger partial charge in [0.15, 0.2) is 16.3 Å². The molecule has 0 saturated heterocycles. The molecular weight excluding hydrogens is 480 g/mol. The van der Waals surface area contributed by atoms with Crippen molar-refractivity contribution in [2.75, 3.05) is 13.7 Å². The van der Waals surface area contributed by atoms with Crippen LogP contribution in [0.1, 0.15) is 44.4 Å². The number of thiazole rings is 1. The number of carbonyl (C=O) groups excluding carboxylic acids is 2. The fourth-order valence-corrected chi connectivity index (χ4v) is 5.11. The Balaban J connectivity index is 1.91. The smallest absolute Gasteiger partial charge is 0.338 e. The summed E-state index contributed by atoms with van der Waals surface area (Å²) in [5.74, 6) is -0.257. The molecule has 9 heteroatoms. The van der Waals surface area contributed by atoms with Gasteiger partial charge in [0.1, 0.15) is 0 Å². The van der Waals surface area contributed by atoms with Crippen LogP contribution in [0.2, 0.25) is 0 Å². The SMILES string of the molecule is CCOc1cc(/C=c2/sc3n(c2=O)[C@@H](c2ccccc2)C(C(=O)OC)=C(CC)N=3)ccc1OC(C)=O. The third kappa shape index (κ3) is 4.87. The first-order valence-electron chi connectivity index (χ1n) is 11.5. The number of methoxy groups -OCH3 is 1. The summed E-state index contributed by atoms with van der Waals surface area (Å²) >= 11 is 1.25. The van der Waals surface area contributed by atoms with Crippen molar-refractivity contribution < 1.29 is 23.8 Å². The van der Waals surface area contributed by atoms with Crippen LogP contribution in [0.3, 0.4) is 0 Å². The number of hydrogen-bond acceptors (Lipinski definition) is 8. The molecule has 0 fully saturated rings. The zero-order valence-corrected chi connectivity index (χ0v) is 21.3. The van der Waals surface area contributed by atoms with Crippen molar-refractivity contribution in [3.63, 3.8) is 0 Å². The van der Waals surface area contributed by atoms with Crippen LogP contribution in [0.4, 0.5) is 0 Å². The van der Waals surface area contributed by atoms with Crippen molar-refractivity contribution >= 4 is 29.4 Å². The average molecular weight is 507 g/mol. The topological polar surface area (TPSA) is 96.2 Å². The molecule has 0 unspecified atom stereocenters. The number of rotatable bonds is 7. The summed E-state index contributed by atoms with van der Waals surface area (Å²) in [5.41, 5.74) is 2.16. The van der Waals surface area contributed by atoms with Gasteiger partial charge in [-0.25, -0.2) is 9.79 Å². The van der Waals surface area contributed by atoms with Crippen LogP contribution in [0.25, 0.3) is 6.08 Å². The van der Waals surface area contributed by atoms with Crippen LogP contribution in [-0.2, 0) is 14.3 Å². The van der Waals surface area contributed by atoms with Crippen LogP contribution in [0.5, 0.6) is 11.5 Å². The Hall–Kier alpha value is -3.98. The third-order valence-electron chi connectivity index (χ3n) is 5.58. The van der Waals surface area contributed by atoms with E-state index in [2.05, 4.69) is 4.99 Å². The fourth-order valence-electron chi connectivity index (χ4n) is 4.09. The van der Waals surface area contributed by atoms with E-state index >= 15 is 0 Å². The number of benzene rings is 2. The van der Waals surface area contributed by atoms with Gasteiger partial charge in [0.2, 0.25) is 0 Å². The van der Waals surface area contributed by atoms with Crippen molar-refractivity contribution in [2.24, 2.45) is 4.99 Å². The van der Waals surface area contributed by atoms with Crippen LogP contribution >= 0.6 is 11.3 Å². The van der Waals surface area contributed by atoms with Gasteiger partial charge in [-0.2, -0.15) is 0 Å². The highest BCUT2D eigenvalue weighted by molar-refractivity contribution is 7.07. The molecule has 0 spiro atoms. The van der Waals surface area contributed by atoms with Crippen molar-refractivity contribution in [1.29, 1.82) is 0 Å². The van der Waals surface area contributed by atoms with E-state index in [-0.39, 0.29) is 5.56 Å². The largest absolute Gasteiger partial charge is 0.490 e. The third-order valence-corrected chi connectivity index (χ3v) is 6.57. The Labute approximate surface area is 211 Å². The van der Waals surface area contributed by atoms with E-state index in [0.717, 1.165) is 5.56 Å². The maximum absolute atomic E-state index is 13.7. The number of fused-ring (bicyclic) bond motifs is 1. The molecule has 0 aliphatic carbocycles. The molecule has 0 bridgehead atoms. The van der Waals surface area contributed by atoms with E-state index in [1.165, 1.54) is 25.4 Å². The second-order valence-corrected chi connectivity index (χ2v) is 8.94. The van der Waals surface area contributed by atoms with E-state index in [9.17, 15) is 14.4 Å². The molecule has 186 valence electrons. The first-order valence-corrected chi connectivity index (χ1v) is 12.3. The molecule has 36 heavy (non-hydrogen) atoms. The second kappa shape index (κ2) is 10.7. The van der Waals surface area contributed by atoms with Crippen molar-refractivity contribution in [1.82, 2.24) is 4.57 Å². The van der Waals surface area contributed by atoms with E-state index in [4.69, 9.17) is 14.2 Å².